The van der Waals surface area contributed by atoms with Crippen LogP contribution in [0.4, 0.5) is 5.69 Å². The molecule has 1 aromatic rings. The monoisotopic (exact) mass is 352 g/mol. The Kier molecular flexibility index (Phi) is 8.42. The molecule has 0 aromatic heterocycles. The Morgan fingerprint density at radius 3 is 2.21 bits per heavy atom. The van der Waals surface area contributed by atoms with Crippen molar-refractivity contribution in [1.29, 1.82) is 0 Å². The fourth-order valence-corrected chi connectivity index (χ4v) is 1.94. The number of benzene rings is 1. The molecule has 8 heteroatoms. The smallest absolute Gasteiger partial charge is 0.338 e. The van der Waals surface area contributed by atoms with E-state index in [1.165, 1.54) is 0 Å². The van der Waals surface area contributed by atoms with Gasteiger partial charge in [0.25, 0.3) is 0 Å². The maximum absolute atomic E-state index is 11.7. The minimum atomic E-state index is -0.430. The summed E-state index contributed by atoms with van der Waals surface area (Å²) in [6.07, 6.45) is -0.0149. The van der Waals surface area contributed by atoms with E-state index in [1.807, 2.05) is 0 Å². The van der Waals surface area contributed by atoms with Crippen LogP contribution in [0.5, 0.6) is 0 Å². The number of anilines is 1. The first-order valence-electron chi connectivity index (χ1n) is 7.49. The number of esters is 2. The summed E-state index contributed by atoms with van der Waals surface area (Å²) in [4.78, 5) is 34.4. The minimum absolute atomic E-state index is 0.00345. The quantitative estimate of drug-likeness (QED) is 0.573. The van der Waals surface area contributed by atoms with Crippen molar-refractivity contribution in [2.75, 3.05) is 18.5 Å². The van der Waals surface area contributed by atoms with Gasteiger partial charge in [0.15, 0.2) is 5.11 Å². The maximum atomic E-state index is 11.7. The summed E-state index contributed by atoms with van der Waals surface area (Å²) in [6.45, 7) is 4.02. The molecule has 0 saturated carbocycles. The van der Waals surface area contributed by atoms with Gasteiger partial charge < -0.3 is 20.1 Å². The van der Waals surface area contributed by atoms with Crippen molar-refractivity contribution in [1.82, 2.24) is 5.32 Å². The van der Waals surface area contributed by atoms with Crippen LogP contribution in [0.15, 0.2) is 24.3 Å². The summed E-state index contributed by atoms with van der Waals surface area (Å²) in [5.41, 5.74) is 1.03. The third-order valence-corrected chi connectivity index (χ3v) is 2.97. The minimum Gasteiger partial charge on any atom is -0.466 e. The zero-order chi connectivity index (χ0) is 17.9. The topological polar surface area (TPSA) is 93.7 Å². The summed E-state index contributed by atoms with van der Waals surface area (Å²) in [7, 11) is 0. The standard InChI is InChI=1S/C16H20N2O5S/c1-3-22-14(20)10-9-13(19)18-16(24)17-12-7-5-11(6-8-12)15(21)23-4-2/h5-8H,3-4,9-10H2,1-2H3,(H2,17,18,19,24). The number of rotatable bonds is 7. The largest absolute Gasteiger partial charge is 0.466 e. The maximum Gasteiger partial charge on any atom is 0.338 e. The van der Waals surface area contributed by atoms with Gasteiger partial charge in [-0.3, -0.25) is 9.59 Å². The van der Waals surface area contributed by atoms with Crippen LogP contribution in [0.2, 0.25) is 0 Å². The summed E-state index contributed by atoms with van der Waals surface area (Å²) in [6, 6.07) is 6.46. The molecule has 0 heterocycles. The molecule has 1 rings (SSSR count). The first kappa shape index (κ1) is 19.6. The Balaban J connectivity index is 2.43. The van der Waals surface area contributed by atoms with Crippen molar-refractivity contribution in [2.45, 2.75) is 26.7 Å². The van der Waals surface area contributed by atoms with Gasteiger partial charge in [0.1, 0.15) is 0 Å². The van der Waals surface area contributed by atoms with Crippen LogP contribution in [0.3, 0.4) is 0 Å². The van der Waals surface area contributed by atoms with Gasteiger partial charge in [0.2, 0.25) is 5.91 Å². The molecule has 0 spiro atoms. The van der Waals surface area contributed by atoms with E-state index in [-0.39, 0.29) is 30.5 Å². The second-order valence-corrected chi connectivity index (χ2v) is 5.01. The lowest BCUT2D eigenvalue weighted by atomic mass is 10.2. The molecule has 0 aliphatic rings. The molecular formula is C16H20N2O5S. The molecule has 0 aliphatic carbocycles. The van der Waals surface area contributed by atoms with E-state index >= 15 is 0 Å². The zero-order valence-corrected chi connectivity index (χ0v) is 14.4. The molecule has 0 atom stereocenters. The van der Waals surface area contributed by atoms with Gasteiger partial charge in [0, 0.05) is 12.1 Å². The van der Waals surface area contributed by atoms with E-state index in [1.54, 1.807) is 38.1 Å². The Hall–Kier alpha value is -2.48. The van der Waals surface area contributed by atoms with Crippen LogP contribution in [0.25, 0.3) is 0 Å². The number of hydrogen-bond donors (Lipinski definition) is 2. The molecule has 0 radical (unpaired) electrons. The second kappa shape index (κ2) is 10.3. The predicted molar refractivity (Wildman–Crippen MR) is 92.6 cm³/mol. The normalized spacial score (nSPS) is 9.75. The van der Waals surface area contributed by atoms with Crippen LogP contribution in [-0.2, 0) is 19.1 Å². The summed E-state index contributed by atoms with van der Waals surface area (Å²) in [5.74, 6) is -1.22. The van der Waals surface area contributed by atoms with Gasteiger partial charge in [0.05, 0.1) is 25.2 Å². The third kappa shape index (κ3) is 7.19. The number of amides is 1. The first-order valence-corrected chi connectivity index (χ1v) is 7.90. The fraction of sp³-hybridized carbons (Fsp3) is 0.375. The van der Waals surface area contributed by atoms with E-state index in [0.717, 1.165) is 0 Å². The Morgan fingerprint density at radius 1 is 1.00 bits per heavy atom. The van der Waals surface area contributed by atoms with Gasteiger partial charge in [-0.25, -0.2) is 4.79 Å². The van der Waals surface area contributed by atoms with Crippen molar-refractivity contribution >= 4 is 40.9 Å². The van der Waals surface area contributed by atoms with Crippen molar-refractivity contribution in [3.05, 3.63) is 29.8 Å². The van der Waals surface area contributed by atoms with E-state index in [2.05, 4.69) is 10.6 Å². The van der Waals surface area contributed by atoms with Crippen molar-refractivity contribution in [3.8, 4) is 0 Å². The van der Waals surface area contributed by atoms with Gasteiger partial charge >= 0.3 is 11.9 Å². The van der Waals surface area contributed by atoms with Crippen LogP contribution in [0, 0.1) is 0 Å². The number of carbonyl (C=O) groups excluding carboxylic acids is 3. The van der Waals surface area contributed by atoms with Gasteiger partial charge in [-0.1, -0.05) is 0 Å². The molecule has 1 aromatic carbocycles. The van der Waals surface area contributed by atoms with E-state index in [0.29, 0.717) is 17.9 Å². The van der Waals surface area contributed by atoms with Gasteiger partial charge in [-0.05, 0) is 50.3 Å². The molecule has 0 unspecified atom stereocenters. The molecule has 24 heavy (non-hydrogen) atoms. The predicted octanol–water partition coefficient (Wildman–Crippen LogP) is 2.02. The highest BCUT2D eigenvalue weighted by molar-refractivity contribution is 7.80. The van der Waals surface area contributed by atoms with Gasteiger partial charge in [-0.15, -0.1) is 0 Å². The summed E-state index contributed by atoms with van der Waals surface area (Å²) in [5, 5.41) is 5.38. The second-order valence-electron chi connectivity index (χ2n) is 4.61. The number of thiocarbonyl (C=S) groups is 1. The lowest BCUT2D eigenvalue weighted by Gasteiger charge is -2.10. The van der Waals surface area contributed by atoms with Crippen molar-refractivity contribution in [2.24, 2.45) is 0 Å². The molecular weight excluding hydrogens is 332 g/mol. The molecule has 0 aliphatic heterocycles. The third-order valence-electron chi connectivity index (χ3n) is 2.77. The Labute approximate surface area is 145 Å². The highest BCUT2D eigenvalue weighted by Crippen LogP contribution is 2.10. The SMILES string of the molecule is CCOC(=O)CCC(=O)NC(=S)Nc1ccc(C(=O)OCC)cc1. The molecule has 130 valence electrons. The molecule has 0 fully saturated rings. The molecule has 0 bridgehead atoms. The van der Waals surface area contributed by atoms with Crippen LogP contribution < -0.4 is 10.6 Å². The van der Waals surface area contributed by atoms with Crippen LogP contribution >= 0.6 is 12.2 Å². The fourth-order valence-electron chi connectivity index (χ4n) is 1.70. The number of ether oxygens (including phenoxy) is 2. The van der Waals surface area contributed by atoms with Crippen molar-refractivity contribution in [3.63, 3.8) is 0 Å². The summed E-state index contributed by atoms with van der Waals surface area (Å²) < 4.78 is 9.62. The summed E-state index contributed by atoms with van der Waals surface area (Å²) >= 11 is 5.02. The lowest BCUT2D eigenvalue weighted by molar-refractivity contribution is -0.144. The van der Waals surface area contributed by atoms with Gasteiger partial charge in [-0.2, -0.15) is 0 Å². The van der Waals surface area contributed by atoms with E-state index in [4.69, 9.17) is 21.7 Å². The Morgan fingerprint density at radius 2 is 1.62 bits per heavy atom. The highest BCUT2D eigenvalue weighted by atomic mass is 32.1. The zero-order valence-electron chi connectivity index (χ0n) is 13.6. The van der Waals surface area contributed by atoms with Crippen LogP contribution in [0.1, 0.15) is 37.0 Å². The average Bonchev–Trinajstić information content (AvgIpc) is 2.54. The van der Waals surface area contributed by atoms with Crippen LogP contribution in [-0.4, -0.2) is 36.2 Å². The number of nitrogens with one attached hydrogen (secondary N) is 2. The Bertz CT molecular complexity index is 601. The lowest BCUT2D eigenvalue weighted by Crippen LogP contribution is -2.34. The number of hydrogen-bond acceptors (Lipinski definition) is 6. The molecule has 0 saturated heterocycles. The average molecular weight is 352 g/mol. The first-order chi connectivity index (χ1) is 11.5. The molecule has 7 nitrogen and oxygen atoms in total. The van der Waals surface area contributed by atoms with E-state index in [9.17, 15) is 14.4 Å². The number of carbonyl (C=O) groups is 3. The highest BCUT2D eigenvalue weighted by Gasteiger charge is 2.10. The van der Waals surface area contributed by atoms with E-state index < -0.39 is 11.9 Å². The molecule has 2 N–H and O–H groups in total. The van der Waals surface area contributed by atoms with Crippen molar-refractivity contribution < 1.29 is 23.9 Å². The molecule has 1 amide bonds.